The van der Waals surface area contributed by atoms with Crippen LogP contribution in [0.5, 0.6) is 0 Å². The molecule has 1 aromatic heterocycles. The van der Waals surface area contributed by atoms with Gasteiger partial charge >= 0.3 is 0 Å². The van der Waals surface area contributed by atoms with Gasteiger partial charge in [0, 0.05) is 6.20 Å². The average molecular weight is 149 g/mol. The summed E-state index contributed by atoms with van der Waals surface area (Å²) in [4.78, 5) is 4.15. The van der Waals surface area contributed by atoms with E-state index < -0.39 is 0 Å². The molecular weight excluding hydrogens is 138 g/mol. The average Bonchev–Trinajstić information content (AvgIpc) is 2.06. The molecule has 1 atom stereocenters. The number of fused-ring (bicyclic) bond motifs is 1. The minimum atomic E-state index is -0.319. The van der Waals surface area contributed by atoms with Crippen LogP contribution in [0.1, 0.15) is 30.2 Å². The first-order valence-electron chi connectivity index (χ1n) is 4.00. The number of nitrogens with zero attached hydrogens (tertiary/aromatic N) is 1. The molecule has 2 heteroatoms. The largest absolute Gasteiger partial charge is 0.387 e. The third-order valence-electron chi connectivity index (χ3n) is 2.17. The van der Waals surface area contributed by atoms with Gasteiger partial charge in [0.1, 0.15) is 0 Å². The Bertz CT molecular complexity index is 259. The third kappa shape index (κ3) is 1.14. The lowest BCUT2D eigenvalue weighted by atomic mass is 9.94. The summed E-state index contributed by atoms with van der Waals surface area (Å²) in [7, 11) is 0. The van der Waals surface area contributed by atoms with Gasteiger partial charge in [0.2, 0.25) is 0 Å². The van der Waals surface area contributed by atoms with Crippen LogP contribution in [0, 0.1) is 0 Å². The molecule has 0 amide bonds. The van der Waals surface area contributed by atoms with Crippen molar-refractivity contribution in [2.75, 3.05) is 0 Å². The summed E-state index contributed by atoms with van der Waals surface area (Å²) in [5.41, 5.74) is 2.10. The van der Waals surface area contributed by atoms with Crippen LogP contribution in [0.4, 0.5) is 0 Å². The number of hydrogen-bond acceptors (Lipinski definition) is 2. The van der Waals surface area contributed by atoms with Gasteiger partial charge in [-0.2, -0.15) is 0 Å². The van der Waals surface area contributed by atoms with E-state index in [0.29, 0.717) is 0 Å². The number of aryl methyl sites for hydroxylation is 1. The lowest BCUT2D eigenvalue weighted by Gasteiger charge is -2.18. The van der Waals surface area contributed by atoms with E-state index in [1.165, 1.54) is 5.56 Å². The Kier molecular flexibility index (Phi) is 1.62. The molecule has 11 heavy (non-hydrogen) atoms. The monoisotopic (exact) mass is 149 g/mol. The van der Waals surface area contributed by atoms with Gasteiger partial charge in [-0.05, 0) is 30.9 Å². The molecule has 0 aromatic carbocycles. The number of aromatic nitrogens is 1. The second kappa shape index (κ2) is 2.62. The van der Waals surface area contributed by atoms with Gasteiger partial charge < -0.3 is 5.11 Å². The highest BCUT2D eigenvalue weighted by Crippen LogP contribution is 2.26. The van der Waals surface area contributed by atoms with Crippen molar-refractivity contribution in [1.82, 2.24) is 4.98 Å². The maximum atomic E-state index is 9.50. The van der Waals surface area contributed by atoms with Crippen LogP contribution in [0.25, 0.3) is 0 Å². The molecule has 1 aromatic rings. The Balaban J connectivity index is 2.44. The van der Waals surface area contributed by atoms with E-state index in [-0.39, 0.29) is 6.10 Å². The molecule has 1 aliphatic carbocycles. The first-order valence-corrected chi connectivity index (χ1v) is 4.00. The molecule has 58 valence electrons. The summed E-state index contributed by atoms with van der Waals surface area (Å²) in [5, 5.41) is 9.50. The predicted octanol–water partition coefficient (Wildman–Crippen LogP) is 1.45. The molecule has 0 unspecified atom stereocenters. The molecule has 0 spiro atoms. The van der Waals surface area contributed by atoms with Crippen molar-refractivity contribution in [1.29, 1.82) is 0 Å². The first kappa shape index (κ1) is 6.80. The lowest BCUT2D eigenvalue weighted by molar-refractivity contribution is 0.151. The van der Waals surface area contributed by atoms with Gasteiger partial charge in [0.05, 0.1) is 11.8 Å². The summed E-state index contributed by atoms with van der Waals surface area (Å²) in [6.45, 7) is 0. The fourth-order valence-electron chi connectivity index (χ4n) is 1.58. The number of aliphatic hydroxyl groups is 1. The highest BCUT2D eigenvalue weighted by Gasteiger charge is 2.17. The molecule has 2 nitrogen and oxygen atoms in total. The van der Waals surface area contributed by atoms with E-state index in [2.05, 4.69) is 4.98 Å². The Labute approximate surface area is 65.9 Å². The zero-order valence-electron chi connectivity index (χ0n) is 6.33. The topological polar surface area (TPSA) is 33.1 Å². The summed E-state index contributed by atoms with van der Waals surface area (Å²) in [6, 6.07) is 3.97. The van der Waals surface area contributed by atoms with Gasteiger partial charge in [0.15, 0.2) is 0 Å². The van der Waals surface area contributed by atoms with Crippen LogP contribution < -0.4 is 0 Å². The van der Waals surface area contributed by atoms with Crippen molar-refractivity contribution < 1.29 is 5.11 Å². The van der Waals surface area contributed by atoms with Gasteiger partial charge in [-0.1, -0.05) is 6.07 Å². The third-order valence-corrected chi connectivity index (χ3v) is 2.17. The zero-order chi connectivity index (χ0) is 7.68. The van der Waals surface area contributed by atoms with Crippen LogP contribution in [0.2, 0.25) is 0 Å². The Hall–Kier alpha value is -0.890. The molecule has 1 N–H and O–H groups in total. The number of aliphatic hydroxyl groups excluding tert-OH is 1. The second-order valence-corrected chi connectivity index (χ2v) is 2.96. The fourth-order valence-corrected chi connectivity index (χ4v) is 1.58. The Morgan fingerprint density at radius 2 is 2.45 bits per heavy atom. The number of rotatable bonds is 0. The molecule has 0 radical (unpaired) electrons. The maximum Gasteiger partial charge on any atom is 0.0962 e. The van der Waals surface area contributed by atoms with E-state index in [0.717, 1.165) is 25.0 Å². The van der Waals surface area contributed by atoms with E-state index >= 15 is 0 Å². The van der Waals surface area contributed by atoms with Crippen LogP contribution >= 0.6 is 0 Å². The minimum Gasteiger partial charge on any atom is -0.387 e. The molecule has 0 aliphatic heterocycles. The molecule has 1 heterocycles. The minimum absolute atomic E-state index is 0.319. The van der Waals surface area contributed by atoms with E-state index in [4.69, 9.17) is 0 Å². The Morgan fingerprint density at radius 3 is 3.27 bits per heavy atom. The van der Waals surface area contributed by atoms with Gasteiger partial charge in [-0.15, -0.1) is 0 Å². The molecule has 0 saturated carbocycles. The molecule has 2 rings (SSSR count). The van der Waals surface area contributed by atoms with Crippen molar-refractivity contribution in [3.8, 4) is 0 Å². The SMILES string of the molecule is O[C@@H]1CCCc2cccnc21. The van der Waals surface area contributed by atoms with E-state index in [1.54, 1.807) is 6.20 Å². The smallest absolute Gasteiger partial charge is 0.0962 e. The van der Waals surface area contributed by atoms with Crippen molar-refractivity contribution in [3.05, 3.63) is 29.6 Å². The van der Waals surface area contributed by atoms with Crippen LogP contribution in [0.15, 0.2) is 18.3 Å². The molecule has 0 saturated heterocycles. The highest BCUT2D eigenvalue weighted by molar-refractivity contribution is 5.23. The summed E-state index contributed by atoms with van der Waals surface area (Å²) < 4.78 is 0. The normalized spacial score (nSPS) is 22.8. The standard InChI is InChI=1S/C9H11NO/c11-8-5-1-3-7-4-2-6-10-9(7)8/h2,4,6,8,11H,1,3,5H2/t8-/m1/s1. The summed E-state index contributed by atoms with van der Waals surface area (Å²) >= 11 is 0. The predicted molar refractivity (Wildman–Crippen MR) is 42.1 cm³/mol. The van der Waals surface area contributed by atoms with Gasteiger partial charge in [-0.3, -0.25) is 4.98 Å². The van der Waals surface area contributed by atoms with E-state index in [9.17, 15) is 5.11 Å². The molecule has 0 bridgehead atoms. The zero-order valence-corrected chi connectivity index (χ0v) is 6.33. The Morgan fingerprint density at radius 1 is 1.55 bits per heavy atom. The number of pyridine rings is 1. The van der Waals surface area contributed by atoms with Gasteiger partial charge in [0.25, 0.3) is 0 Å². The van der Waals surface area contributed by atoms with E-state index in [1.807, 2.05) is 12.1 Å². The molecule has 0 fully saturated rings. The molecule has 1 aliphatic rings. The fraction of sp³-hybridized carbons (Fsp3) is 0.444. The van der Waals surface area contributed by atoms with Crippen molar-refractivity contribution >= 4 is 0 Å². The number of hydrogen-bond donors (Lipinski definition) is 1. The van der Waals surface area contributed by atoms with Crippen molar-refractivity contribution in [3.63, 3.8) is 0 Å². The maximum absolute atomic E-state index is 9.50. The quantitative estimate of drug-likeness (QED) is 0.605. The lowest BCUT2D eigenvalue weighted by Crippen LogP contribution is -2.10. The first-order chi connectivity index (χ1) is 5.38. The van der Waals surface area contributed by atoms with Crippen molar-refractivity contribution in [2.24, 2.45) is 0 Å². The van der Waals surface area contributed by atoms with Crippen molar-refractivity contribution in [2.45, 2.75) is 25.4 Å². The van der Waals surface area contributed by atoms with Crippen LogP contribution in [0.3, 0.4) is 0 Å². The molecular formula is C9H11NO. The second-order valence-electron chi connectivity index (χ2n) is 2.96. The summed E-state index contributed by atoms with van der Waals surface area (Å²) in [5.74, 6) is 0. The van der Waals surface area contributed by atoms with Gasteiger partial charge in [-0.25, -0.2) is 0 Å². The highest BCUT2D eigenvalue weighted by atomic mass is 16.3. The van der Waals surface area contributed by atoms with Crippen LogP contribution in [-0.4, -0.2) is 10.1 Å². The summed E-state index contributed by atoms with van der Waals surface area (Å²) in [6.07, 6.45) is 4.44. The van der Waals surface area contributed by atoms with Crippen LogP contribution in [-0.2, 0) is 6.42 Å².